The number of nitrogen functional groups attached to an aromatic ring is 1. The van der Waals surface area contributed by atoms with Crippen LogP contribution in [0.3, 0.4) is 0 Å². The highest BCUT2D eigenvalue weighted by Crippen LogP contribution is 2.35. The van der Waals surface area contributed by atoms with Gasteiger partial charge in [-0.2, -0.15) is 0 Å². The van der Waals surface area contributed by atoms with Gasteiger partial charge in [-0.15, -0.1) is 0 Å². The number of nitrogens with zero attached hydrogens (tertiary/aromatic N) is 3. The van der Waals surface area contributed by atoms with Crippen LogP contribution in [-0.4, -0.2) is 48.2 Å². The molecule has 10 heteroatoms. The third kappa shape index (κ3) is 4.75. The number of amides is 1. The molecule has 1 aliphatic heterocycles. The van der Waals surface area contributed by atoms with Crippen LogP contribution in [0.15, 0.2) is 53.7 Å². The number of rotatable bonds is 4. The maximum atomic E-state index is 13.2. The Morgan fingerprint density at radius 1 is 1.21 bits per heavy atom. The molecule has 2 aromatic heterocycles. The fourth-order valence-corrected chi connectivity index (χ4v) is 5.41. The van der Waals surface area contributed by atoms with Crippen molar-refractivity contribution in [1.82, 2.24) is 14.3 Å². The molecule has 1 fully saturated rings. The van der Waals surface area contributed by atoms with Gasteiger partial charge in [0, 0.05) is 30.7 Å². The van der Waals surface area contributed by atoms with Crippen molar-refractivity contribution in [3.63, 3.8) is 0 Å². The predicted molar refractivity (Wildman–Crippen MR) is 128 cm³/mol. The molecule has 3 aromatic rings. The lowest BCUT2D eigenvalue weighted by molar-refractivity contribution is 0.0500. The van der Waals surface area contributed by atoms with Crippen LogP contribution < -0.4 is 16.0 Å². The average molecular weight is 472 g/mol. The summed E-state index contributed by atoms with van der Waals surface area (Å²) < 4.78 is 32.9. The van der Waals surface area contributed by atoms with Crippen molar-refractivity contribution in [2.75, 3.05) is 23.7 Å². The number of nitrogens with one attached hydrogen (secondary N) is 1. The third-order valence-electron chi connectivity index (χ3n) is 5.44. The lowest BCUT2D eigenvalue weighted by Crippen LogP contribution is -2.49. The number of ether oxygens (including phenoxy) is 1. The van der Waals surface area contributed by atoms with Gasteiger partial charge in [0.15, 0.2) is 5.65 Å². The van der Waals surface area contributed by atoms with E-state index in [2.05, 4.69) is 15.2 Å². The summed E-state index contributed by atoms with van der Waals surface area (Å²) in [7, 11) is -3.81. The van der Waals surface area contributed by atoms with Crippen molar-refractivity contribution in [1.29, 1.82) is 0 Å². The van der Waals surface area contributed by atoms with Crippen LogP contribution in [0, 0.1) is 0 Å². The lowest BCUT2D eigenvalue weighted by atomic mass is 10.0. The molecule has 1 atom stereocenters. The number of alkyl carbamates (subject to hydrolysis) is 1. The van der Waals surface area contributed by atoms with Gasteiger partial charge < -0.3 is 20.7 Å². The first kappa shape index (κ1) is 22.9. The second-order valence-corrected chi connectivity index (χ2v) is 11.0. The topological polar surface area (TPSA) is 120 Å². The van der Waals surface area contributed by atoms with Crippen molar-refractivity contribution >= 4 is 38.5 Å². The van der Waals surface area contributed by atoms with Gasteiger partial charge in [0.1, 0.15) is 5.60 Å². The number of pyridine rings is 1. The maximum Gasteiger partial charge on any atom is 0.407 e. The highest BCUT2D eigenvalue weighted by Gasteiger charge is 2.28. The van der Waals surface area contributed by atoms with Crippen molar-refractivity contribution in [2.45, 2.75) is 50.2 Å². The molecule has 0 saturated carbocycles. The largest absolute Gasteiger partial charge is 0.444 e. The Labute approximate surface area is 193 Å². The summed E-state index contributed by atoms with van der Waals surface area (Å²) in [6.07, 6.45) is 4.19. The van der Waals surface area contributed by atoms with Crippen LogP contribution >= 0.6 is 0 Å². The molecule has 1 aliphatic rings. The second kappa shape index (κ2) is 8.58. The molecule has 0 unspecified atom stereocenters. The highest BCUT2D eigenvalue weighted by atomic mass is 32.2. The summed E-state index contributed by atoms with van der Waals surface area (Å²) in [5.41, 5.74) is 7.21. The van der Waals surface area contributed by atoms with Gasteiger partial charge in [0.25, 0.3) is 10.0 Å². The van der Waals surface area contributed by atoms with Crippen molar-refractivity contribution in [3.05, 3.63) is 48.8 Å². The zero-order valence-corrected chi connectivity index (χ0v) is 19.8. The minimum Gasteiger partial charge on any atom is -0.444 e. The smallest absolute Gasteiger partial charge is 0.407 e. The molecule has 0 spiro atoms. The fourth-order valence-electron chi connectivity index (χ4n) is 4.09. The van der Waals surface area contributed by atoms with Crippen LogP contribution in [0.2, 0.25) is 0 Å². The molecule has 4 rings (SSSR count). The number of carbonyl (C=O) groups is 1. The molecule has 9 nitrogen and oxygen atoms in total. The number of hydrogen-bond donors (Lipinski definition) is 2. The van der Waals surface area contributed by atoms with Gasteiger partial charge in [0.05, 0.1) is 22.5 Å². The molecule has 3 N–H and O–H groups in total. The highest BCUT2D eigenvalue weighted by molar-refractivity contribution is 7.90. The minimum absolute atomic E-state index is 0.119. The van der Waals surface area contributed by atoms with Crippen LogP contribution in [0.1, 0.15) is 33.6 Å². The van der Waals surface area contributed by atoms with E-state index in [1.165, 1.54) is 16.4 Å². The number of anilines is 2. The number of carbonyl (C=O) groups excluding carboxylic acids is 1. The Hall–Kier alpha value is -3.27. The van der Waals surface area contributed by atoms with Crippen LogP contribution in [-0.2, 0) is 14.8 Å². The molecule has 33 heavy (non-hydrogen) atoms. The summed E-state index contributed by atoms with van der Waals surface area (Å²) in [5.74, 6) is 0. The SMILES string of the molecule is CC(C)(C)OC(=O)N[C@H]1CCCN(c2c(N)cnc3c2ccn3S(=O)(=O)c2ccccc2)C1. The maximum absolute atomic E-state index is 13.2. The Balaban J connectivity index is 1.65. The Kier molecular flexibility index (Phi) is 5.96. The van der Waals surface area contributed by atoms with E-state index in [-0.39, 0.29) is 10.9 Å². The number of aromatic nitrogens is 2. The Bertz CT molecular complexity index is 1270. The molecule has 1 amide bonds. The quantitative estimate of drug-likeness (QED) is 0.599. The van der Waals surface area contributed by atoms with E-state index in [0.717, 1.165) is 25.1 Å². The lowest BCUT2D eigenvalue weighted by Gasteiger charge is -2.36. The molecule has 1 aromatic carbocycles. The predicted octanol–water partition coefficient (Wildman–Crippen LogP) is 3.35. The third-order valence-corrected chi connectivity index (χ3v) is 7.12. The zero-order valence-electron chi connectivity index (χ0n) is 19.0. The molecule has 176 valence electrons. The summed E-state index contributed by atoms with van der Waals surface area (Å²) in [5, 5.41) is 3.58. The minimum atomic E-state index is -3.81. The molecule has 3 heterocycles. The molecule has 0 aliphatic carbocycles. The van der Waals surface area contributed by atoms with Crippen molar-refractivity contribution < 1.29 is 17.9 Å². The van der Waals surface area contributed by atoms with E-state index in [9.17, 15) is 13.2 Å². The van der Waals surface area contributed by atoms with E-state index < -0.39 is 21.7 Å². The molecule has 0 radical (unpaired) electrons. The number of piperidine rings is 1. The zero-order chi connectivity index (χ0) is 23.8. The fraction of sp³-hybridized carbons (Fsp3) is 0.391. The van der Waals surface area contributed by atoms with E-state index in [1.807, 2.05) is 20.8 Å². The first-order valence-electron chi connectivity index (χ1n) is 10.9. The van der Waals surface area contributed by atoms with E-state index in [1.54, 1.807) is 36.4 Å². The number of nitrogens with two attached hydrogens (primary N) is 1. The second-order valence-electron chi connectivity index (χ2n) is 9.16. The molecular formula is C23H29N5O4S. The summed E-state index contributed by atoms with van der Waals surface area (Å²) in [4.78, 5) is 18.8. The van der Waals surface area contributed by atoms with E-state index in [4.69, 9.17) is 10.5 Å². The van der Waals surface area contributed by atoms with Crippen LogP contribution in [0.4, 0.5) is 16.2 Å². The average Bonchev–Trinajstić information content (AvgIpc) is 3.18. The monoisotopic (exact) mass is 471 g/mol. The van der Waals surface area contributed by atoms with Gasteiger partial charge >= 0.3 is 6.09 Å². The van der Waals surface area contributed by atoms with E-state index >= 15 is 0 Å². The van der Waals surface area contributed by atoms with Crippen molar-refractivity contribution in [3.8, 4) is 0 Å². The molecule has 0 bridgehead atoms. The van der Waals surface area contributed by atoms with Gasteiger partial charge in [-0.3, -0.25) is 0 Å². The summed E-state index contributed by atoms with van der Waals surface area (Å²) in [6, 6.07) is 9.84. The first-order valence-corrected chi connectivity index (χ1v) is 12.3. The summed E-state index contributed by atoms with van der Waals surface area (Å²) >= 11 is 0. The van der Waals surface area contributed by atoms with Gasteiger partial charge in [-0.1, -0.05) is 18.2 Å². The van der Waals surface area contributed by atoms with Gasteiger partial charge in [-0.25, -0.2) is 22.2 Å². The van der Waals surface area contributed by atoms with Crippen molar-refractivity contribution in [2.24, 2.45) is 0 Å². The summed E-state index contributed by atoms with van der Waals surface area (Å²) in [6.45, 7) is 6.72. The molecular weight excluding hydrogens is 442 g/mol. The van der Waals surface area contributed by atoms with Gasteiger partial charge in [-0.05, 0) is 51.8 Å². The van der Waals surface area contributed by atoms with Crippen LogP contribution in [0.25, 0.3) is 11.0 Å². The Morgan fingerprint density at radius 2 is 1.94 bits per heavy atom. The Morgan fingerprint density at radius 3 is 2.64 bits per heavy atom. The molecule has 1 saturated heterocycles. The number of fused-ring (bicyclic) bond motifs is 1. The standard InChI is InChI=1S/C23H29N5O4S/c1-23(2,3)32-22(29)26-16-8-7-12-27(15-16)20-18-11-13-28(21(18)25-14-19(20)24)33(30,31)17-9-5-4-6-10-17/h4-6,9-11,13-14,16H,7-8,12,15,24H2,1-3H3,(H,26,29)/t16-/m0/s1. The normalized spacial score (nSPS) is 17.2. The van der Waals surface area contributed by atoms with E-state index in [0.29, 0.717) is 23.3 Å². The number of benzene rings is 1. The van der Waals surface area contributed by atoms with Crippen LogP contribution in [0.5, 0.6) is 0 Å². The first-order chi connectivity index (χ1) is 15.6. The van der Waals surface area contributed by atoms with Gasteiger partial charge in [0.2, 0.25) is 0 Å². The number of hydrogen-bond acceptors (Lipinski definition) is 7.